The van der Waals surface area contributed by atoms with Crippen molar-refractivity contribution in [2.45, 2.75) is 12.1 Å². The molecule has 6 nitrogen and oxygen atoms in total. The molecule has 2 aliphatic heterocycles. The third-order valence-electron chi connectivity index (χ3n) is 5.94. The van der Waals surface area contributed by atoms with Crippen LogP contribution < -0.4 is 14.8 Å². The van der Waals surface area contributed by atoms with Gasteiger partial charge in [0.1, 0.15) is 23.9 Å². The van der Waals surface area contributed by atoms with E-state index in [0.717, 1.165) is 39.5 Å². The smallest absolute Gasteiger partial charge is 0.226 e. The van der Waals surface area contributed by atoms with Crippen molar-refractivity contribution < 1.29 is 9.47 Å². The molecule has 1 N–H and O–H groups in total. The molecular formula is C25H19ClN4O2. The first-order valence-corrected chi connectivity index (χ1v) is 10.7. The molecule has 0 radical (unpaired) electrons. The number of hydrogen-bond donors (Lipinski definition) is 1. The van der Waals surface area contributed by atoms with Crippen LogP contribution in [0, 0.1) is 0 Å². The molecule has 3 aromatic carbocycles. The fraction of sp³-hybridized carbons (Fsp3) is 0.120. The molecule has 1 aromatic heterocycles. The summed E-state index contributed by atoms with van der Waals surface area (Å²) < 4.78 is 13.8. The highest BCUT2D eigenvalue weighted by Crippen LogP contribution is 2.51. The standard InChI is InChI=1S/C25H19ClN4O2/c1-31-16-12-10-15(11-13-16)23-21-22(29-25-27-14-28-30(23)25)18-7-3-5-9-20(18)32-24(21)17-6-2-4-8-19(17)26/h2-14,23-24H,1H3,(H,27,28,29)/t23-,24+/m0/s1. The predicted molar refractivity (Wildman–Crippen MR) is 123 cm³/mol. The van der Waals surface area contributed by atoms with E-state index in [-0.39, 0.29) is 6.04 Å². The summed E-state index contributed by atoms with van der Waals surface area (Å²) in [5.41, 5.74) is 4.93. The average Bonchev–Trinajstić information content (AvgIpc) is 3.31. The number of para-hydroxylation sites is 1. The fourth-order valence-corrected chi connectivity index (χ4v) is 4.71. The normalized spacial score (nSPS) is 18.7. The third kappa shape index (κ3) is 2.87. The van der Waals surface area contributed by atoms with Crippen molar-refractivity contribution in [2.75, 3.05) is 12.4 Å². The van der Waals surface area contributed by atoms with E-state index in [1.807, 2.05) is 59.3 Å². The third-order valence-corrected chi connectivity index (χ3v) is 6.28. The molecule has 7 heteroatoms. The summed E-state index contributed by atoms with van der Waals surface area (Å²) in [6.07, 6.45) is 1.17. The quantitative estimate of drug-likeness (QED) is 0.454. The molecule has 0 unspecified atom stereocenters. The molecule has 32 heavy (non-hydrogen) atoms. The number of halogens is 1. The first-order valence-electron chi connectivity index (χ1n) is 10.3. The number of benzene rings is 3. The van der Waals surface area contributed by atoms with Gasteiger partial charge in [0.25, 0.3) is 0 Å². The van der Waals surface area contributed by atoms with Crippen molar-refractivity contribution in [2.24, 2.45) is 0 Å². The van der Waals surface area contributed by atoms with Gasteiger partial charge in [0.15, 0.2) is 6.10 Å². The van der Waals surface area contributed by atoms with Crippen LogP contribution in [0.3, 0.4) is 0 Å². The van der Waals surface area contributed by atoms with Crippen LogP contribution in [0.5, 0.6) is 11.5 Å². The van der Waals surface area contributed by atoms with Crippen LogP contribution in [-0.4, -0.2) is 21.9 Å². The number of hydrogen-bond acceptors (Lipinski definition) is 5. The van der Waals surface area contributed by atoms with Gasteiger partial charge >= 0.3 is 0 Å². The van der Waals surface area contributed by atoms with Crippen LogP contribution in [0.1, 0.15) is 28.8 Å². The molecule has 0 amide bonds. The predicted octanol–water partition coefficient (Wildman–Crippen LogP) is 5.50. The number of aromatic nitrogens is 3. The van der Waals surface area contributed by atoms with Gasteiger partial charge in [-0.25, -0.2) is 4.68 Å². The van der Waals surface area contributed by atoms with E-state index in [1.54, 1.807) is 13.4 Å². The maximum Gasteiger partial charge on any atom is 0.226 e. The van der Waals surface area contributed by atoms with Crippen LogP contribution in [0.15, 0.2) is 84.7 Å². The van der Waals surface area contributed by atoms with E-state index < -0.39 is 6.10 Å². The summed E-state index contributed by atoms with van der Waals surface area (Å²) in [5, 5.41) is 8.70. The molecule has 0 saturated heterocycles. The molecular weight excluding hydrogens is 424 g/mol. The zero-order chi connectivity index (χ0) is 21.7. The number of anilines is 1. The van der Waals surface area contributed by atoms with E-state index in [0.29, 0.717) is 11.0 Å². The second-order valence-electron chi connectivity index (χ2n) is 7.67. The highest BCUT2D eigenvalue weighted by atomic mass is 35.5. The number of methoxy groups -OCH3 is 1. The van der Waals surface area contributed by atoms with Crippen molar-refractivity contribution in [1.29, 1.82) is 0 Å². The first kappa shape index (κ1) is 19.0. The summed E-state index contributed by atoms with van der Waals surface area (Å²) in [4.78, 5) is 4.46. The number of fused-ring (bicyclic) bond motifs is 3. The molecule has 0 fully saturated rings. The second kappa shape index (κ2) is 7.43. The summed E-state index contributed by atoms with van der Waals surface area (Å²) in [6, 6.07) is 23.6. The maximum absolute atomic E-state index is 6.65. The lowest BCUT2D eigenvalue weighted by atomic mass is 9.84. The topological polar surface area (TPSA) is 61.2 Å². The molecule has 4 aromatic rings. The van der Waals surface area contributed by atoms with Crippen LogP contribution in [0.2, 0.25) is 5.02 Å². The molecule has 158 valence electrons. The van der Waals surface area contributed by atoms with Crippen LogP contribution in [0.25, 0.3) is 5.70 Å². The highest BCUT2D eigenvalue weighted by Gasteiger charge is 2.41. The summed E-state index contributed by atoms with van der Waals surface area (Å²) in [7, 11) is 1.66. The van der Waals surface area contributed by atoms with Crippen molar-refractivity contribution in [3.63, 3.8) is 0 Å². The van der Waals surface area contributed by atoms with Gasteiger partial charge in [0, 0.05) is 21.7 Å². The van der Waals surface area contributed by atoms with Crippen molar-refractivity contribution in [3.8, 4) is 11.5 Å². The van der Waals surface area contributed by atoms with Gasteiger partial charge in [-0.05, 0) is 35.9 Å². The Kier molecular flexibility index (Phi) is 4.40. The van der Waals surface area contributed by atoms with Crippen molar-refractivity contribution >= 4 is 23.2 Å². The van der Waals surface area contributed by atoms with Gasteiger partial charge in [-0.2, -0.15) is 10.1 Å². The molecule has 2 aliphatic rings. The Bertz CT molecular complexity index is 1350. The van der Waals surface area contributed by atoms with Gasteiger partial charge in [-0.1, -0.05) is 54.1 Å². The van der Waals surface area contributed by atoms with E-state index in [4.69, 9.17) is 21.1 Å². The van der Waals surface area contributed by atoms with Gasteiger partial charge in [0.2, 0.25) is 5.95 Å². The minimum absolute atomic E-state index is 0.232. The van der Waals surface area contributed by atoms with Crippen molar-refractivity contribution in [1.82, 2.24) is 14.8 Å². The van der Waals surface area contributed by atoms with Gasteiger partial charge in [-0.15, -0.1) is 0 Å². The van der Waals surface area contributed by atoms with E-state index in [1.165, 1.54) is 0 Å². The monoisotopic (exact) mass is 442 g/mol. The molecule has 3 heterocycles. The molecule has 2 atom stereocenters. The van der Waals surface area contributed by atoms with E-state index in [9.17, 15) is 0 Å². The van der Waals surface area contributed by atoms with E-state index >= 15 is 0 Å². The Balaban J connectivity index is 1.62. The lowest BCUT2D eigenvalue weighted by Crippen LogP contribution is -2.32. The number of nitrogens with one attached hydrogen (secondary N) is 1. The summed E-state index contributed by atoms with van der Waals surface area (Å²) in [5.74, 6) is 2.27. The Labute approximate surface area is 190 Å². The SMILES string of the molecule is COc1ccc([C@H]2C3=C(Nc4ncnn42)c2ccccc2O[C@@H]3c2ccccc2Cl)cc1. The highest BCUT2D eigenvalue weighted by molar-refractivity contribution is 6.31. The van der Waals surface area contributed by atoms with Crippen molar-refractivity contribution in [3.05, 3.63) is 106 Å². The minimum atomic E-state index is -0.398. The van der Waals surface area contributed by atoms with Crippen LogP contribution in [-0.2, 0) is 0 Å². The Morgan fingerprint density at radius 3 is 2.59 bits per heavy atom. The van der Waals surface area contributed by atoms with Gasteiger partial charge < -0.3 is 14.8 Å². The zero-order valence-electron chi connectivity index (χ0n) is 17.2. The Morgan fingerprint density at radius 1 is 1.00 bits per heavy atom. The summed E-state index contributed by atoms with van der Waals surface area (Å²) >= 11 is 6.65. The van der Waals surface area contributed by atoms with Crippen LogP contribution in [0.4, 0.5) is 5.95 Å². The first-order chi connectivity index (χ1) is 15.7. The second-order valence-corrected chi connectivity index (χ2v) is 8.08. The molecule has 0 saturated carbocycles. The Morgan fingerprint density at radius 2 is 1.78 bits per heavy atom. The molecule has 0 aliphatic carbocycles. The largest absolute Gasteiger partial charge is 0.497 e. The zero-order valence-corrected chi connectivity index (χ0v) is 18.0. The fourth-order valence-electron chi connectivity index (χ4n) is 4.47. The van der Waals surface area contributed by atoms with E-state index in [2.05, 4.69) is 33.6 Å². The number of ether oxygens (including phenoxy) is 2. The summed E-state index contributed by atoms with van der Waals surface area (Å²) in [6.45, 7) is 0. The lowest BCUT2D eigenvalue weighted by Gasteiger charge is -2.39. The lowest BCUT2D eigenvalue weighted by molar-refractivity contribution is 0.223. The van der Waals surface area contributed by atoms with Crippen LogP contribution >= 0.6 is 11.6 Å². The molecule has 0 spiro atoms. The maximum atomic E-state index is 6.65. The Hall–Kier alpha value is -3.77. The number of nitrogens with zero attached hydrogens (tertiary/aromatic N) is 3. The van der Waals surface area contributed by atoms with Gasteiger partial charge in [-0.3, -0.25) is 0 Å². The number of rotatable bonds is 3. The molecule has 0 bridgehead atoms. The average molecular weight is 443 g/mol. The van der Waals surface area contributed by atoms with Gasteiger partial charge in [0.05, 0.1) is 12.8 Å². The molecule has 6 rings (SSSR count). The minimum Gasteiger partial charge on any atom is -0.497 e.